The molecule has 6 rings (SSSR count). The van der Waals surface area contributed by atoms with Crippen LogP contribution in [0, 0.1) is 11.6 Å². The van der Waals surface area contributed by atoms with Crippen LogP contribution in [0.15, 0.2) is 133 Å². The Kier molecular flexibility index (Phi) is 13.6. The van der Waals surface area contributed by atoms with Gasteiger partial charge in [0.05, 0.1) is 0 Å². The van der Waals surface area contributed by atoms with Crippen molar-refractivity contribution in [3.63, 3.8) is 0 Å². The molecule has 0 bridgehead atoms. The number of rotatable bonds is 0. The van der Waals surface area contributed by atoms with E-state index in [9.17, 15) is 8.78 Å². The smallest absolute Gasteiger partial charge is 0.123 e. The summed E-state index contributed by atoms with van der Waals surface area (Å²) < 4.78 is 25.5. The van der Waals surface area contributed by atoms with E-state index < -0.39 is 0 Å². The van der Waals surface area contributed by atoms with E-state index in [1.807, 2.05) is 0 Å². The van der Waals surface area contributed by atoms with Crippen molar-refractivity contribution in [1.29, 1.82) is 0 Å². The van der Waals surface area contributed by atoms with Crippen LogP contribution in [0.25, 0.3) is 21.5 Å². The Balaban J connectivity index is 0.000000170. The topological polar surface area (TPSA) is 40.5 Å². The second-order valence-corrected chi connectivity index (χ2v) is 10.7. The molecular formula is C33H30F2O2Zr. The van der Waals surface area contributed by atoms with Crippen LogP contribution in [0.2, 0.25) is 0 Å². The summed E-state index contributed by atoms with van der Waals surface area (Å²) in [5, 5.41) is 22.5. The summed E-state index contributed by atoms with van der Waals surface area (Å²) in [5.41, 5.74) is 0. The molecule has 0 amide bonds. The molecule has 5 heteroatoms. The van der Waals surface area contributed by atoms with Gasteiger partial charge in [0.25, 0.3) is 0 Å². The van der Waals surface area contributed by atoms with Crippen LogP contribution < -0.4 is 0 Å². The standard InChI is InChI=1S/2C9H7.2C6H5FO.C3H6.Zr/c2*1-2-5-9-7-3-6-8(9)4-1;2*7-5-1-3-6(8)4-2-5;1-3-2;/h2*1-7H;2*1-4,8H;1-2H3;/q2*-1;;;;+2. The minimum atomic E-state index is -0.331. The Morgan fingerprint density at radius 3 is 1.16 bits per heavy atom. The van der Waals surface area contributed by atoms with Crippen molar-refractivity contribution in [2.75, 3.05) is 0 Å². The van der Waals surface area contributed by atoms with E-state index in [1.54, 1.807) is 24.2 Å². The summed E-state index contributed by atoms with van der Waals surface area (Å²) in [5.74, 6) is -0.483. The van der Waals surface area contributed by atoms with Crippen molar-refractivity contribution in [1.82, 2.24) is 0 Å². The second kappa shape index (κ2) is 16.9. The molecule has 0 aliphatic carbocycles. The van der Waals surface area contributed by atoms with Crippen LogP contribution in [0.1, 0.15) is 13.8 Å². The van der Waals surface area contributed by atoms with E-state index in [4.69, 9.17) is 10.2 Å². The first-order chi connectivity index (χ1) is 18.2. The largest absolute Gasteiger partial charge is 0.508 e. The Hall–Kier alpha value is -3.69. The molecule has 2 N–H and O–H groups in total. The van der Waals surface area contributed by atoms with Gasteiger partial charge < -0.3 is 10.2 Å². The van der Waals surface area contributed by atoms with Gasteiger partial charge in [-0.3, -0.25) is 0 Å². The molecule has 0 radical (unpaired) electrons. The second-order valence-electron chi connectivity index (χ2n) is 8.26. The quantitative estimate of drug-likeness (QED) is 0.174. The first-order valence-corrected chi connectivity index (χ1v) is 13.1. The van der Waals surface area contributed by atoms with Gasteiger partial charge in [-0.05, 0) is 48.5 Å². The maximum Gasteiger partial charge on any atom is 0.123 e. The van der Waals surface area contributed by atoms with E-state index in [0.717, 1.165) is 0 Å². The average molecular weight is 588 g/mol. The molecule has 192 valence electrons. The summed E-state index contributed by atoms with van der Waals surface area (Å²) in [7, 11) is 0. The number of benzene rings is 4. The van der Waals surface area contributed by atoms with Gasteiger partial charge in [-0.25, -0.2) is 8.78 Å². The zero-order valence-corrected chi connectivity index (χ0v) is 23.8. The molecule has 0 spiro atoms. The van der Waals surface area contributed by atoms with Crippen LogP contribution in [0.3, 0.4) is 0 Å². The van der Waals surface area contributed by atoms with Crippen molar-refractivity contribution < 1.29 is 43.2 Å². The third-order valence-electron chi connectivity index (χ3n) is 4.75. The monoisotopic (exact) mass is 586 g/mol. The van der Waals surface area contributed by atoms with Gasteiger partial charge in [-0.2, -0.15) is 35.0 Å². The molecule has 6 aromatic rings. The molecule has 0 aromatic heterocycles. The fraction of sp³-hybridized carbons (Fsp3) is 0.0606. The maximum absolute atomic E-state index is 12.0. The van der Waals surface area contributed by atoms with Crippen LogP contribution in [0.5, 0.6) is 11.5 Å². The van der Waals surface area contributed by atoms with Gasteiger partial charge >= 0.3 is 41.3 Å². The van der Waals surface area contributed by atoms with E-state index in [1.165, 1.54) is 73.3 Å². The number of phenolic OH excluding ortho intramolecular Hbond substituents is 2. The third kappa shape index (κ3) is 12.5. The van der Waals surface area contributed by atoms with Crippen LogP contribution in [-0.4, -0.2) is 13.4 Å². The summed E-state index contributed by atoms with van der Waals surface area (Å²) in [4.78, 5) is 0. The summed E-state index contributed by atoms with van der Waals surface area (Å²) in [6.07, 6.45) is 0. The van der Waals surface area contributed by atoms with E-state index in [-0.39, 0.29) is 23.1 Å². The molecule has 38 heavy (non-hydrogen) atoms. The van der Waals surface area contributed by atoms with Crippen LogP contribution in [0.4, 0.5) is 8.78 Å². The number of hydrogen-bond donors (Lipinski definition) is 2. The molecule has 0 saturated heterocycles. The SMILES string of the molecule is C[C](C)=[Zr+2].Oc1ccc(F)cc1.Oc1ccc(F)cc1.c1ccc2[cH-]ccc2c1.c1ccc2[cH-]ccc2c1. The maximum atomic E-state index is 12.0. The predicted octanol–water partition coefficient (Wildman–Crippen LogP) is 8.93. The van der Waals surface area contributed by atoms with Crippen molar-refractivity contribution in [2.45, 2.75) is 13.8 Å². The van der Waals surface area contributed by atoms with Crippen molar-refractivity contribution >= 4 is 24.8 Å². The fourth-order valence-electron chi connectivity index (χ4n) is 3.02. The molecule has 0 unspecified atom stereocenters. The van der Waals surface area contributed by atoms with Crippen molar-refractivity contribution in [3.05, 3.63) is 145 Å². The third-order valence-corrected chi connectivity index (χ3v) is 4.75. The van der Waals surface area contributed by atoms with E-state index in [0.29, 0.717) is 0 Å². The minimum absolute atomic E-state index is 0.0893. The van der Waals surface area contributed by atoms with Crippen molar-refractivity contribution in [2.24, 2.45) is 0 Å². The number of halogens is 2. The number of phenols is 2. The predicted molar refractivity (Wildman–Crippen MR) is 152 cm³/mol. The zero-order valence-electron chi connectivity index (χ0n) is 21.4. The normalized spacial score (nSPS) is 9.42. The van der Waals surface area contributed by atoms with E-state index in [2.05, 4.69) is 98.8 Å². The molecule has 0 atom stereocenters. The van der Waals surface area contributed by atoms with Gasteiger partial charge in [-0.15, -0.1) is 59.3 Å². The van der Waals surface area contributed by atoms with Gasteiger partial charge in [-0.1, -0.05) is 12.1 Å². The molecule has 2 nitrogen and oxygen atoms in total. The molecule has 0 heterocycles. The Morgan fingerprint density at radius 1 is 0.553 bits per heavy atom. The molecule has 0 saturated carbocycles. The van der Waals surface area contributed by atoms with E-state index >= 15 is 0 Å². The summed E-state index contributed by atoms with van der Waals surface area (Å²) in [6, 6.07) is 39.4. The Morgan fingerprint density at radius 2 is 0.868 bits per heavy atom. The fourth-order valence-corrected chi connectivity index (χ4v) is 3.02. The van der Waals surface area contributed by atoms with Gasteiger partial charge in [0.1, 0.15) is 23.1 Å². The zero-order chi connectivity index (χ0) is 27.8. The Bertz CT molecular complexity index is 1270. The number of aromatic hydroxyl groups is 2. The summed E-state index contributed by atoms with van der Waals surface area (Å²) >= 11 is 1.55. The van der Waals surface area contributed by atoms with Crippen LogP contribution in [-0.2, 0) is 24.2 Å². The molecule has 0 aliphatic rings. The first kappa shape index (κ1) is 30.5. The minimum Gasteiger partial charge on any atom is -0.508 e. The molecule has 6 aromatic carbocycles. The first-order valence-electron chi connectivity index (χ1n) is 11.9. The van der Waals surface area contributed by atoms with Crippen molar-refractivity contribution in [3.8, 4) is 11.5 Å². The average Bonchev–Trinajstić information content (AvgIpc) is 3.58. The summed E-state index contributed by atoms with van der Waals surface area (Å²) in [6.45, 7) is 4.25. The molecular weight excluding hydrogens is 558 g/mol. The Labute approximate surface area is 237 Å². The number of hydrogen-bond acceptors (Lipinski definition) is 2. The number of fused-ring (bicyclic) bond motifs is 2. The van der Waals surface area contributed by atoms with Crippen LogP contribution >= 0.6 is 0 Å². The van der Waals surface area contributed by atoms with Gasteiger partial charge in [0, 0.05) is 0 Å². The molecule has 0 aliphatic heterocycles. The van der Waals surface area contributed by atoms with Gasteiger partial charge in [0.15, 0.2) is 0 Å². The molecule has 0 fully saturated rings. The van der Waals surface area contributed by atoms with Gasteiger partial charge in [0.2, 0.25) is 0 Å².